The van der Waals surface area contributed by atoms with E-state index in [1.807, 2.05) is 12.1 Å². The molecule has 0 bridgehead atoms. The van der Waals surface area contributed by atoms with Crippen molar-refractivity contribution in [1.82, 2.24) is 10.3 Å². The van der Waals surface area contributed by atoms with Crippen LogP contribution in [0.2, 0.25) is 0 Å². The SMILES string of the molecule is CCNC(C)c1ccc(Sc2ccccc2[N+](=O)[O-])cn1. The highest BCUT2D eigenvalue weighted by Gasteiger charge is 2.14. The summed E-state index contributed by atoms with van der Waals surface area (Å²) >= 11 is 1.35. The van der Waals surface area contributed by atoms with Crippen molar-refractivity contribution in [3.63, 3.8) is 0 Å². The van der Waals surface area contributed by atoms with E-state index in [2.05, 4.69) is 24.1 Å². The second kappa shape index (κ2) is 7.19. The Bertz CT molecular complexity index is 617. The molecule has 1 atom stereocenters. The molecule has 0 spiro atoms. The Morgan fingerprint density at radius 3 is 2.71 bits per heavy atom. The Labute approximate surface area is 127 Å². The van der Waals surface area contributed by atoms with Crippen LogP contribution in [-0.4, -0.2) is 16.5 Å². The van der Waals surface area contributed by atoms with Crippen molar-refractivity contribution in [2.75, 3.05) is 6.54 Å². The Kier molecular flexibility index (Phi) is 5.30. The molecule has 0 amide bonds. The van der Waals surface area contributed by atoms with Crippen molar-refractivity contribution in [3.05, 3.63) is 58.4 Å². The van der Waals surface area contributed by atoms with Gasteiger partial charge in [-0.05, 0) is 31.7 Å². The normalized spacial score (nSPS) is 12.1. The van der Waals surface area contributed by atoms with E-state index in [9.17, 15) is 10.1 Å². The minimum absolute atomic E-state index is 0.118. The highest BCUT2D eigenvalue weighted by molar-refractivity contribution is 7.99. The zero-order valence-corrected chi connectivity index (χ0v) is 12.8. The standard InChI is InChI=1S/C15H17N3O2S/c1-3-16-11(2)13-9-8-12(10-17-13)21-15-7-5-4-6-14(15)18(19)20/h4-11,16H,3H2,1-2H3. The van der Waals surface area contributed by atoms with Crippen LogP contribution in [0, 0.1) is 10.1 Å². The van der Waals surface area contributed by atoms with Gasteiger partial charge in [0.15, 0.2) is 0 Å². The van der Waals surface area contributed by atoms with Gasteiger partial charge in [-0.3, -0.25) is 15.1 Å². The Hall–Kier alpha value is -1.92. The van der Waals surface area contributed by atoms with E-state index in [0.717, 1.165) is 17.1 Å². The van der Waals surface area contributed by atoms with Crippen molar-refractivity contribution >= 4 is 17.4 Å². The number of nitro benzene ring substituents is 1. The molecule has 1 heterocycles. The van der Waals surface area contributed by atoms with Gasteiger partial charge >= 0.3 is 0 Å². The number of nitrogens with zero attached hydrogens (tertiary/aromatic N) is 2. The minimum Gasteiger partial charge on any atom is -0.309 e. The number of para-hydroxylation sites is 1. The lowest BCUT2D eigenvalue weighted by atomic mass is 10.2. The van der Waals surface area contributed by atoms with Gasteiger partial charge in [0.05, 0.1) is 15.5 Å². The molecule has 6 heteroatoms. The van der Waals surface area contributed by atoms with E-state index in [4.69, 9.17) is 0 Å². The first kappa shape index (κ1) is 15.5. The number of pyridine rings is 1. The van der Waals surface area contributed by atoms with Crippen molar-refractivity contribution in [2.45, 2.75) is 29.7 Å². The lowest BCUT2D eigenvalue weighted by molar-refractivity contribution is -0.387. The summed E-state index contributed by atoms with van der Waals surface area (Å²) in [7, 11) is 0. The van der Waals surface area contributed by atoms with E-state index < -0.39 is 0 Å². The molecular weight excluding hydrogens is 286 g/mol. The van der Waals surface area contributed by atoms with E-state index in [1.165, 1.54) is 17.8 Å². The number of aromatic nitrogens is 1. The first-order chi connectivity index (χ1) is 10.1. The smallest absolute Gasteiger partial charge is 0.283 e. The van der Waals surface area contributed by atoms with Gasteiger partial charge in [-0.15, -0.1) is 0 Å². The quantitative estimate of drug-likeness (QED) is 0.649. The molecular formula is C15H17N3O2S. The summed E-state index contributed by atoms with van der Waals surface area (Å²) in [5.74, 6) is 0. The minimum atomic E-state index is -0.364. The summed E-state index contributed by atoms with van der Waals surface area (Å²) < 4.78 is 0. The van der Waals surface area contributed by atoms with Crippen LogP contribution < -0.4 is 5.32 Å². The zero-order valence-electron chi connectivity index (χ0n) is 11.9. The van der Waals surface area contributed by atoms with E-state index in [-0.39, 0.29) is 16.7 Å². The molecule has 0 fully saturated rings. The third kappa shape index (κ3) is 4.03. The maximum Gasteiger partial charge on any atom is 0.283 e. The van der Waals surface area contributed by atoms with Gasteiger partial charge in [-0.2, -0.15) is 0 Å². The van der Waals surface area contributed by atoms with Gasteiger partial charge in [-0.25, -0.2) is 0 Å². The number of hydrogen-bond donors (Lipinski definition) is 1. The maximum atomic E-state index is 11.0. The van der Waals surface area contributed by atoms with Crippen LogP contribution in [0.3, 0.4) is 0 Å². The van der Waals surface area contributed by atoms with Crippen LogP contribution in [0.5, 0.6) is 0 Å². The Morgan fingerprint density at radius 1 is 1.33 bits per heavy atom. The molecule has 21 heavy (non-hydrogen) atoms. The Morgan fingerprint density at radius 2 is 2.10 bits per heavy atom. The molecule has 0 aliphatic rings. The number of nitrogens with one attached hydrogen (secondary N) is 1. The fourth-order valence-electron chi connectivity index (χ4n) is 1.94. The number of benzene rings is 1. The first-order valence-corrected chi connectivity index (χ1v) is 7.54. The number of hydrogen-bond acceptors (Lipinski definition) is 5. The third-order valence-electron chi connectivity index (χ3n) is 3.00. The molecule has 5 nitrogen and oxygen atoms in total. The van der Waals surface area contributed by atoms with Gasteiger partial charge in [0.2, 0.25) is 0 Å². The number of rotatable bonds is 6. The monoisotopic (exact) mass is 303 g/mol. The molecule has 0 saturated carbocycles. The molecule has 0 saturated heterocycles. The Balaban J connectivity index is 2.16. The fourth-order valence-corrected chi connectivity index (χ4v) is 2.83. The summed E-state index contributed by atoms with van der Waals surface area (Å²) in [5.41, 5.74) is 1.08. The van der Waals surface area contributed by atoms with Crippen LogP contribution in [0.25, 0.3) is 0 Å². The van der Waals surface area contributed by atoms with Crippen LogP contribution in [0.1, 0.15) is 25.6 Å². The van der Waals surface area contributed by atoms with Gasteiger partial charge in [0, 0.05) is 23.2 Å². The van der Waals surface area contributed by atoms with Gasteiger partial charge in [0.1, 0.15) is 0 Å². The predicted molar refractivity (Wildman–Crippen MR) is 83.5 cm³/mol. The molecule has 1 aromatic carbocycles. The average Bonchev–Trinajstić information content (AvgIpc) is 2.48. The molecule has 1 unspecified atom stereocenters. The second-order valence-corrected chi connectivity index (χ2v) is 5.64. The third-order valence-corrected chi connectivity index (χ3v) is 4.05. The van der Waals surface area contributed by atoms with Crippen molar-refractivity contribution in [3.8, 4) is 0 Å². The summed E-state index contributed by atoms with van der Waals surface area (Å²) in [6.07, 6.45) is 1.75. The molecule has 2 rings (SSSR count). The molecule has 0 radical (unpaired) electrons. The van der Waals surface area contributed by atoms with Crippen LogP contribution in [0.15, 0.2) is 52.4 Å². The van der Waals surface area contributed by atoms with E-state index >= 15 is 0 Å². The highest BCUT2D eigenvalue weighted by atomic mass is 32.2. The topological polar surface area (TPSA) is 68.1 Å². The van der Waals surface area contributed by atoms with Gasteiger partial charge < -0.3 is 5.32 Å². The van der Waals surface area contributed by atoms with Gasteiger partial charge in [0.25, 0.3) is 5.69 Å². The van der Waals surface area contributed by atoms with Crippen molar-refractivity contribution < 1.29 is 4.92 Å². The van der Waals surface area contributed by atoms with E-state index in [1.54, 1.807) is 24.4 Å². The molecule has 0 aliphatic heterocycles. The lowest BCUT2D eigenvalue weighted by Crippen LogP contribution is -2.18. The predicted octanol–water partition coefficient (Wildman–Crippen LogP) is 3.81. The maximum absolute atomic E-state index is 11.0. The molecule has 110 valence electrons. The van der Waals surface area contributed by atoms with Crippen molar-refractivity contribution in [2.24, 2.45) is 0 Å². The molecule has 1 aromatic heterocycles. The number of nitro groups is 1. The van der Waals surface area contributed by atoms with E-state index in [0.29, 0.717) is 4.90 Å². The zero-order chi connectivity index (χ0) is 15.2. The summed E-state index contributed by atoms with van der Waals surface area (Å²) in [6, 6.07) is 10.8. The van der Waals surface area contributed by atoms with Crippen LogP contribution in [-0.2, 0) is 0 Å². The largest absolute Gasteiger partial charge is 0.309 e. The lowest BCUT2D eigenvalue weighted by Gasteiger charge is -2.11. The summed E-state index contributed by atoms with van der Waals surface area (Å²) in [5, 5.41) is 14.3. The average molecular weight is 303 g/mol. The fraction of sp³-hybridized carbons (Fsp3) is 0.267. The van der Waals surface area contributed by atoms with Crippen LogP contribution in [0.4, 0.5) is 5.69 Å². The summed E-state index contributed by atoms with van der Waals surface area (Å²) in [4.78, 5) is 16.6. The van der Waals surface area contributed by atoms with Gasteiger partial charge in [-0.1, -0.05) is 30.8 Å². The second-order valence-electron chi connectivity index (χ2n) is 4.53. The first-order valence-electron chi connectivity index (χ1n) is 6.72. The summed E-state index contributed by atoms with van der Waals surface area (Å²) in [6.45, 7) is 4.99. The molecule has 2 aromatic rings. The van der Waals surface area contributed by atoms with Crippen LogP contribution >= 0.6 is 11.8 Å². The highest BCUT2D eigenvalue weighted by Crippen LogP contribution is 2.34. The van der Waals surface area contributed by atoms with Crippen molar-refractivity contribution in [1.29, 1.82) is 0 Å². The molecule has 1 N–H and O–H groups in total. The molecule has 0 aliphatic carbocycles.